The normalized spacial score (nSPS) is 14.6. The molecule has 1 atom stereocenters. The van der Waals surface area contributed by atoms with Crippen LogP contribution in [0.25, 0.3) is 0 Å². The fourth-order valence-corrected chi connectivity index (χ4v) is 3.97. The minimum atomic E-state index is -0.632. The van der Waals surface area contributed by atoms with E-state index in [1.807, 2.05) is 6.92 Å². The van der Waals surface area contributed by atoms with Crippen molar-refractivity contribution in [1.82, 2.24) is 10.2 Å². The number of halogens is 1. The number of benzene rings is 2. The van der Waals surface area contributed by atoms with E-state index in [1.165, 1.54) is 17.0 Å². The fraction of sp³-hybridized carbons (Fsp3) is 0.440. The average molecular weight is 443 g/mol. The highest BCUT2D eigenvalue weighted by atomic mass is 19.1. The monoisotopic (exact) mass is 442 g/mol. The van der Waals surface area contributed by atoms with E-state index in [2.05, 4.69) is 5.32 Å². The molecule has 0 bridgehead atoms. The Balaban J connectivity index is 1.73. The number of ether oxygens (including phenoxy) is 2. The maximum atomic E-state index is 13.4. The number of nitrogens with zero attached hydrogens (tertiary/aromatic N) is 1. The zero-order chi connectivity index (χ0) is 22.9. The van der Waals surface area contributed by atoms with Gasteiger partial charge in [-0.3, -0.25) is 9.59 Å². The first-order chi connectivity index (χ1) is 15.5. The van der Waals surface area contributed by atoms with Gasteiger partial charge in [0.25, 0.3) is 5.91 Å². The molecule has 1 fully saturated rings. The molecule has 1 N–H and O–H groups in total. The molecule has 6 nitrogen and oxygen atoms in total. The van der Waals surface area contributed by atoms with Crippen LogP contribution >= 0.6 is 0 Å². The van der Waals surface area contributed by atoms with Gasteiger partial charge in [0.05, 0.1) is 7.11 Å². The number of nitrogens with one attached hydrogen (secondary N) is 1. The molecule has 1 aliphatic carbocycles. The summed E-state index contributed by atoms with van der Waals surface area (Å²) >= 11 is 0. The van der Waals surface area contributed by atoms with Crippen molar-refractivity contribution in [1.29, 1.82) is 0 Å². The van der Waals surface area contributed by atoms with Crippen LogP contribution in [0.4, 0.5) is 4.39 Å². The van der Waals surface area contributed by atoms with E-state index in [9.17, 15) is 14.0 Å². The maximum Gasteiger partial charge on any atom is 0.261 e. The highest BCUT2D eigenvalue weighted by Gasteiger charge is 2.30. The molecule has 1 aliphatic rings. The molecule has 1 saturated carbocycles. The van der Waals surface area contributed by atoms with Crippen molar-refractivity contribution in [3.05, 3.63) is 59.9 Å². The summed E-state index contributed by atoms with van der Waals surface area (Å²) in [7, 11) is 1.58. The molecular weight excluding hydrogens is 411 g/mol. The highest BCUT2D eigenvalue weighted by Crippen LogP contribution is 2.20. The SMILES string of the molecule is CC[C@@H](C(=O)NC1CCCC1)N(Cc1ccc(F)cc1)C(=O)COc1ccc(OC)cc1. The molecule has 0 saturated heterocycles. The quantitative estimate of drug-likeness (QED) is 0.602. The number of hydrogen-bond acceptors (Lipinski definition) is 4. The Morgan fingerprint density at radius 1 is 1.06 bits per heavy atom. The van der Waals surface area contributed by atoms with Crippen molar-refractivity contribution in [2.24, 2.45) is 0 Å². The molecule has 2 aromatic rings. The lowest BCUT2D eigenvalue weighted by molar-refractivity contribution is -0.143. The molecule has 0 aromatic heterocycles. The molecule has 2 aromatic carbocycles. The second-order valence-electron chi connectivity index (χ2n) is 8.03. The van der Waals surface area contributed by atoms with Crippen LogP contribution in [-0.4, -0.2) is 42.5 Å². The minimum Gasteiger partial charge on any atom is -0.497 e. The van der Waals surface area contributed by atoms with Crippen molar-refractivity contribution in [3.8, 4) is 11.5 Å². The minimum absolute atomic E-state index is 0.153. The van der Waals surface area contributed by atoms with Crippen LogP contribution in [-0.2, 0) is 16.1 Å². The van der Waals surface area contributed by atoms with Crippen molar-refractivity contribution in [3.63, 3.8) is 0 Å². The molecule has 7 heteroatoms. The maximum absolute atomic E-state index is 13.4. The van der Waals surface area contributed by atoms with Gasteiger partial charge in [-0.25, -0.2) is 4.39 Å². The second-order valence-corrected chi connectivity index (χ2v) is 8.03. The zero-order valence-electron chi connectivity index (χ0n) is 18.7. The second kappa shape index (κ2) is 11.5. The Labute approximate surface area is 188 Å². The van der Waals surface area contributed by atoms with Crippen LogP contribution in [0.2, 0.25) is 0 Å². The molecule has 0 unspecified atom stereocenters. The zero-order valence-corrected chi connectivity index (χ0v) is 18.7. The summed E-state index contributed by atoms with van der Waals surface area (Å²) in [6, 6.07) is 12.4. The molecule has 0 heterocycles. The van der Waals surface area contributed by atoms with Crippen molar-refractivity contribution in [2.45, 2.75) is 57.7 Å². The lowest BCUT2D eigenvalue weighted by Gasteiger charge is -2.31. The van der Waals surface area contributed by atoms with Crippen LogP contribution in [0.3, 0.4) is 0 Å². The van der Waals surface area contributed by atoms with Gasteiger partial charge in [0.15, 0.2) is 6.61 Å². The predicted molar refractivity (Wildman–Crippen MR) is 120 cm³/mol. The first kappa shape index (κ1) is 23.6. The number of carbonyl (C=O) groups excluding carboxylic acids is 2. The Morgan fingerprint density at radius 2 is 1.69 bits per heavy atom. The lowest BCUT2D eigenvalue weighted by atomic mass is 10.1. The van der Waals surface area contributed by atoms with Crippen molar-refractivity contribution in [2.75, 3.05) is 13.7 Å². The van der Waals surface area contributed by atoms with Crippen LogP contribution < -0.4 is 14.8 Å². The van der Waals surface area contributed by atoms with E-state index in [1.54, 1.807) is 43.5 Å². The van der Waals surface area contributed by atoms with Crippen LogP contribution in [0.5, 0.6) is 11.5 Å². The summed E-state index contributed by atoms with van der Waals surface area (Å²) in [5.74, 6) is 0.416. The van der Waals surface area contributed by atoms with Crippen molar-refractivity contribution >= 4 is 11.8 Å². The summed E-state index contributed by atoms with van der Waals surface area (Å²) in [6.07, 6.45) is 4.61. The van der Waals surface area contributed by atoms with Crippen LogP contribution in [0.1, 0.15) is 44.6 Å². The smallest absolute Gasteiger partial charge is 0.261 e. The average Bonchev–Trinajstić information content (AvgIpc) is 3.32. The molecule has 0 spiro atoms. The first-order valence-electron chi connectivity index (χ1n) is 11.1. The van der Waals surface area contributed by atoms with Gasteiger partial charge in [0.1, 0.15) is 23.4 Å². The number of hydrogen-bond donors (Lipinski definition) is 1. The molecule has 2 amide bonds. The molecular formula is C25H31FN2O4. The third-order valence-corrected chi connectivity index (χ3v) is 5.78. The van der Waals surface area contributed by atoms with Gasteiger partial charge in [-0.1, -0.05) is 31.9 Å². The summed E-state index contributed by atoms with van der Waals surface area (Å²) < 4.78 is 24.2. The molecule has 0 radical (unpaired) electrons. The number of carbonyl (C=O) groups is 2. The molecule has 3 rings (SSSR count). The van der Waals surface area contributed by atoms with Crippen LogP contribution in [0, 0.1) is 5.82 Å². The summed E-state index contributed by atoms with van der Waals surface area (Å²) in [4.78, 5) is 27.7. The Hall–Kier alpha value is -3.09. The van der Waals surface area contributed by atoms with Gasteiger partial charge >= 0.3 is 0 Å². The van der Waals surface area contributed by atoms with E-state index in [4.69, 9.17) is 9.47 Å². The van der Waals surface area contributed by atoms with Gasteiger partial charge in [0, 0.05) is 12.6 Å². The predicted octanol–water partition coefficient (Wildman–Crippen LogP) is 4.08. The van der Waals surface area contributed by atoms with E-state index < -0.39 is 6.04 Å². The van der Waals surface area contributed by atoms with E-state index in [-0.39, 0.29) is 36.8 Å². The van der Waals surface area contributed by atoms with Gasteiger partial charge < -0.3 is 19.7 Å². The van der Waals surface area contributed by atoms with Gasteiger partial charge in [0.2, 0.25) is 5.91 Å². The summed E-state index contributed by atoms with van der Waals surface area (Å²) in [6.45, 7) is 1.87. The third-order valence-electron chi connectivity index (χ3n) is 5.78. The Bertz CT molecular complexity index is 880. The van der Waals surface area contributed by atoms with Gasteiger partial charge in [-0.15, -0.1) is 0 Å². The van der Waals surface area contributed by atoms with E-state index in [0.29, 0.717) is 17.9 Å². The third kappa shape index (κ3) is 6.45. The van der Waals surface area contributed by atoms with E-state index >= 15 is 0 Å². The Morgan fingerprint density at radius 3 is 2.28 bits per heavy atom. The van der Waals surface area contributed by atoms with Crippen molar-refractivity contribution < 1.29 is 23.5 Å². The Kier molecular flexibility index (Phi) is 8.48. The molecule has 0 aliphatic heterocycles. The van der Waals surface area contributed by atoms with Crippen LogP contribution in [0.15, 0.2) is 48.5 Å². The molecule has 172 valence electrons. The number of amides is 2. The summed E-state index contributed by atoms with van der Waals surface area (Å²) in [5.41, 5.74) is 0.747. The molecule has 32 heavy (non-hydrogen) atoms. The number of methoxy groups -OCH3 is 1. The van der Waals surface area contributed by atoms with Gasteiger partial charge in [-0.2, -0.15) is 0 Å². The topological polar surface area (TPSA) is 67.9 Å². The van der Waals surface area contributed by atoms with Gasteiger partial charge in [-0.05, 0) is 61.2 Å². The fourth-order valence-electron chi connectivity index (χ4n) is 3.97. The number of rotatable bonds is 10. The first-order valence-corrected chi connectivity index (χ1v) is 11.1. The standard InChI is InChI=1S/C25H31FN2O4/c1-3-23(25(30)27-20-6-4-5-7-20)28(16-18-8-10-19(26)11-9-18)24(29)17-32-22-14-12-21(31-2)13-15-22/h8-15,20,23H,3-7,16-17H2,1-2H3,(H,27,30)/t23-/m0/s1. The highest BCUT2D eigenvalue weighted by molar-refractivity contribution is 5.88. The lowest BCUT2D eigenvalue weighted by Crippen LogP contribution is -2.52. The van der Waals surface area contributed by atoms with E-state index in [0.717, 1.165) is 31.2 Å². The largest absolute Gasteiger partial charge is 0.497 e. The summed E-state index contributed by atoms with van der Waals surface area (Å²) in [5, 5.41) is 3.10.